The SMILES string of the molecule is O=C1CC(c2cccc(-c3nc(CO)cs3)c2)=Nc2ccc(-n3cccc3)cc2N1. The number of aliphatic hydroxyl groups excluding tert-OH is 1. The third-order valence-corrected chi connectivity index (χ3v) is 5.84. The second kappa shape index (κ2) is 7.70. The second-order valence-electron chi connectivity index (χ2n) is 6.96. The smallest absolute Gasteiger partial charge is 0.230 e. The Morgan fingerprint density at radius 1 is 1.07 bits per heavy atom. The number of benzene rings is 2. The zero-order valence-electron chi connectivity index (χ0n) is 15.9. The summed E-state index contributed by atoms with van der Waals surface area (Å²) in [6.07, 6.45) is 4.11. The highest BCUT2D eigenvalue weighted by Gasteiger charge is 2.18. The first-order valence-electron chi connectivity index (χ1n) is 9.50. The Morgan fingerprint density at radius 2 is 1.90 bits per heavy atom. The molecule has 0 unspecified atom stereocenters. The Balaban J connectivity index is 1.53. The van der Waals surface area contributed by atoms with E-state index >= 15 is 0 Å². The summed E-state index contributed by atoms with van der Waals surface area (Å²) in [5.41, 5.74) is 5.57. The van der Waals surface area contributed by atoms with Gasteiger partial charge in [-0.15, -0.1) is 11.3 Å². The lowest BCUT2D eigenvalue weighted by Gasteiger charge is -2.08. The molecule has 1 amide bonds. The molecule has 2 aromatic carbocycles. The van der Waals surface area contributed by atoms with Crippen LogP contribution in [0.5, 0.6) is 0 Å². The molecule has 2 aromatic heterocycles. The fourth-order valence-electron chi connectivity index (χ4n) is 3.43. The Bertz CT molecular complexity index is 1260. The summed E-state index contributed by atoms with van der Waals surface area (Å²) in [7, 11) is 0. The minimum atomic E-state index is -0.0978. The molecule has 148 valence electrons. The number of amides is 1. The molecule has 0 atom stereocenters. The van der Waals surface area contributed by atoms with E-state index in [1.807, 2.05) is 76.9 Å². The summed E-state index contributed by atoms with van der Waals surface area (Å²) in [5, 5.41) is 14.9. The normalized spacial score (nSPS) is 13.4. The van der Waals surface area contributed by atoms with Gasteiger partial charge in [0, 0.05) is 29.0 Å². The van der Waals surface area contributed by atoms with Crippen molar-refractivity contribution >= 4 is 34.3 Å². The number of aliphatic hydroxyl groups is 1. The molecule has 6 nitrogen and oxygen atoms in total. The highest BCUT2D eigenvalue weighted by Crippen LogP contribution is 2.32. The van der Waals surface area contributed by atoms with Crippen molar-refractivity contribution in [3.8, 4) is 16.3 Å². The minimum Gasteiger partial charge on any atom is -0.390 e. The van der Waals surface area contributed by atoms with Crippen molar-refractivity contribution in [2.75, 3.05) is 5.32 Å². The van der Waals surface area contributed by atoms with Gasteiger partial charge in [-0.25, -0.2) is 4.98 Å². The van der Waals surface area contributed by atoms with E-state index in [2.05, 4.69) is 10.3 Å². The Hall–Kier alpha value is -3.55. The topological polar surface area (TPSA) is 79.5 Å². The minimum absolute atomic E-state index is 0.0785. The molecule has 5 rings (SSSR count). The van der Waals surface area contributed by atoms with E-state index in [1.165, 1.54) is 11.3 Å². The van der Waals surface area contributed by atoms with Crippen molar-refractivity contribution < 1.29 is 9.90 Å². The molecule has 1 aliphatic heterocycles. The lowest BCUT2D eigenvalue weighted by Crippen LogP contribution is -2.15. The molecule has 1 aliphatic rings. The van der Waals surface area contributed by atoms with Crippen molar-refractivity contribution in [1.29, 1.82) is 0 Å². The van der Waals surface area contributed by atoms with Crippen LogP contribution in [0.15, 0.2) is 77.4 Å². The van der Waals surface area contributed by atoms with Crippen LogP contribution < -0.4 is 5.32 Å². The van der Waals surface area contributed by atoms with Crippen molar-refractivity contribution in [2.45, 2.75) is 13.0 Å². The van der Waals surface area contributed by atoms with Gasteiger partial charge in [-0.2, -0.15) is 0 Å². The Kier molecular flexibility index (Phi) is 4.74. The number of fused-ring (bicyclic) bond motifs is 1. The molecule has 0 fully saturated rings. The standard InChI is InChI=1S/C23H18N4O2S/c28-13-17-14-30-23(24-17)16-5-3-4-15(10-16)20-12-22(29)26-21-11-18(6-7-19(21)25-20)27-8-1-2-9-27/h1-11,14,28H,12-13H2,(H,26,29). The van der Waals surface area contributed by atoms with E-state index in [-0.39, 0.29) is 18.9 Å². The molecule has 0 aliphatic carbocycles. The van der Waals surface area contributed by atoms with Crippen molar-refractivity contribution in [3.05, 3.63) is 83.6 Å². The van der Waals surface area contributed by atoms with E-state index in [9.17, 15) is 9.90 Å². The zero-order chi connectivity index (χ0) is 20.5. The largest absolute Gasteiger partial charge is 0.390 e. The Morgan fingerprint density at radius 3 is 2.70 bits per heavy atom. The van der Waals surface area contributed by atoms with Crippen LogP contribution >= 0.6 is 11.3 Å². The van der Waals surface area contributed by atoms with Crippen LogP contribution in [0.2, 0.25) is 0 Å². The Labute approximate surface area is 177 Å². The number of thiazole rings is 1. The maximum absolute atomic E-state index is 12.6. The molecular formula is C23H18N4O2S. The molecule has 0 saturated heterocycles. The molecule has 3 heterocycles. The molecule has 0 spiro atoms. The lowest BCUT2D eigenvalue weighted by molar-refractivity contribution is -0.115. The number of rotatable bonds is 4. The quantitative estimate of drug-likeness (QED) is 0.514. The highest BCUT2D eigenvalue weighted by atomic mass is 32.1. The van der Waals surface area contributed by atoms with Gasteiger partial charge in [-0.3, -0.25) is 9.79 Å². The first kappa shape index (κ1) is 18.5. The molecule has 30 heavy (non-hydrogen) atoms. The summed E-state index contributed by atoms with van der Waals surface area (Å²) in [4.78, 5) is 21.8. The molecule has 7 heteroatoms. The predicted molar refractivity (Wildman–Crippen MR) is 119 cm³/mol. The van der Waals surface area contributed by atoms with Crippen molar-refractivity contribution in [3.63, 3.8) is 0 Å². The van der Waals surface area contributed by atoms with Gasteiger partial charge in [-0.1, -0.05) is 18.2 Å². The van der Waals surface area contributed by atoms with Gasteiger partial charge in [0.25, 0.3) is 0 Å². The number of nitrogens with one attached hydrogen (secondary N) is 1. The molecule has 0 bridgehead atoms. The van der Waals surface area contributed by atoms with Gasteiger partial charge < -0.3 is 15.0 Å². The molecular weight excluding hydrogens is 396 g/mol. The van der Waals surface area contributed by atoms with Crippen LogP contribution in [0.25, 0.3) is 16.3 Å². The van der Waals surface area contributed by atoms with Crippen LogP contribution in [-0.4, -0.2) is 26.3 Å². The third-order valence-electron chi connectivity index (χ3n) is 4.90. The number of hydrogen-bond donors (Lipinski definition) is 2. The van der Waals surface area contributed by atoms with Gasteiger partial charge in [-0.05, 0) is 42.0 Å². The summed E-state index contributed by atoms with van der Waals surface area (Å²) in [6.45, 7) is -0.0785. The van der Waals surface area contributed by atoms with Gasteiger partial charge in [0.15, 0.2) is 0 Å². The molecule has 0 saturated carbocycles. The van der Waals surface area contributed by atoms with Gasteiger partial charge in [0.1, 0.15) is 5.01 Å². The molecule has 2 N–H and O–H groups in total. The van der Waals surface area contributed by atoms with Crippen LogP contribution in [0, 0.1) is 0 Å². The number of aliphatic imine (C=N–C) groups is 1. The van der Waals surface area contributed by atoms with Gasteiger partial charge >= 0.3 is 0 Å². The monoisotopic (exact) mass is 414 g/mol. The van der Waals surface area contributed by atoms with Crippen molar-refractivity contribution in [1.82, 2.24) is 9.55 Å². The number of carbonyl (C=O) groups excluding carboxylic acids is 1. The summed E-state index contributed by atoms with van der Waals surface area (Å²) < 4.78 is 1.99. The first-order valence-corrected chi connectivity index (χ1v) is 10.4. The highest BCUT2D eigenvalue weighted by molar-refractivity contribution is 7.13. The van der Waals surface area contributed by atoms with Gasteiger partial charge in [0.2, 0.25) is 5.91 Å². The number of hydrogen-bond acceptors (Lipinski definition) is 5. The lowest BCUT2D eigenvalue weighted by atomic mass is 10.0. The fraction of sp³-hybridized carbons (Fsp3) is 0.0870. The van der Waals surface area contributed by atoms with Gasteiger partial charge in [0.05, 0.1) is 35.8 Å². The number of aromatic nitrogens is 2. The van der Waals surface area contributed by atoms with Crippen molar-refractivity contribution in [2.24, 2.45) is 4.99 Å². The number of nitrogens with zero attached hydrogens (tertiary/aromatic N) is 3. The van der Waals surface area contributed by atoms with E-state index in [4.69, 9.17) is 4.99 Å². The average molecular weight is 414 g/mol. The number of anilines is 1. The van der Waals surface area contributed by atoms with E-state index in [0.29, 0.717) is 17.1 Å². The fourth-order valence-corrected chi connectivity index (χ4v) is 4.24. The van der Waals surface area contributed by atoms with Crippen LogP contribution in [0.1, 0.15) is 17.7 Å². The summed E-state index contributed by atoms with van der Waals surface area (Å²) in [6, 6.07) is 17.6. The number of carbonyl (C=O) groups is 1. The first-order chi connectivity index (χ1) is 14.7. The third kappa shape index (κ3) is 3.56. The average Bonchev–Trinajstić information content (AvgIpc) is 3.44. The van der Waals surface area contributed by atoms with E-state index in [0.717, 1.165) is 27.5 Å². The van der Waals surface area contributed by atoms with E-state index in [1.54, 1.807) is 0 Å². The van der Waals surface area contributed by atoms with E-state index < -0.39 is 0 Å². The summed E-state index contributed by atoms with van der Waals surface area (Å²) >= 11 is 1.48. The zero-order valence-corrected chi connectivity index (χ0v) is 16.8. The van der Waals surface area contributed by atoms with Crippen LogP contribution in [0.3, 0.4) is 0 Å². The maximum Gasteiger partial charge on any atom is 0.230 e. The predicted octanol–water partition coefficient (Wildman–Crippen LogP) is 4.56. The molecule has 4 aromatic rings. The summed E-state index contributed by atoms with van der Waals surface area (Å²) in [5.74, 6) is -0.0978. The van der Waals surface area contributed by atoms with Crippen LogP contribution in [0.4, 0.5) is 11.4 Å². The second-order valence-corrected chi connectivity index (χ2v) is 7.82. The van der Waals surface area contributed by atoms with Crippen LogP contribution in [-0.2, 0) is 11.4 Å². The maximum atomic E-state index is 12.6. The molecule has 0 radical (unpaired) electrons.